The number of rotatable bonds is 4. The molecule has 0 spiro atoms. The first-order valence-electron chi connectivity index (χ1n) is 7.89. The van der Waals surface area contributed by atoms with Crippen LogP contribution in [0.3, 0.4) is 0 Å². The number of hydrogen-bond donors (Lipinski definition) is 3. The summed E-state index contributed by atoms with van der Waals surface area (Å²) in [4.78, 5) is 0. The molecule has 10 heteroatoms. The number of aromatic hydroxyl groups is 2. The van der Waals surface area contributed by atoms with Crippen molar-refractivity contribution in [1.82, 2.24) is 0 Å². The Morgan fingerprint density at radius 1 is 0.759 bits per heavy atom. The predicted octanol–water partition coefficient (Wildman–Crippen LogP) is 5.89. The van der Waals surface area contributed by atoms with Gasteiger partial charge in [-0.1, -0.05) is 70.7 Å². The number of benzene rings is 3. The summed E-state index contributed by atoms with van der Waals surface area (Å²) in [6, 6.07) is 11.7. The van der Waals surface area contributed by atoms with E-state index in [1.54, 1.807) is 0 Å². The smallest absolute Gasteiger partial charge is 0.283 e. The molecule has 0 aliphatic carbocycles. The van der Waals surface area contributed by atoms with Crippen molar-refractivity contribution < 1.29 is 23.2 Å². The molecule has 3 rings (SSSR count). The lowest BCUT2D eigenvalue weighted by Crippen LogP contribution is -2.39. The molecule has 3 aromatic carbocycles. The van der Waals surface area contributed by atoms with Crippen molar-refractivity contribution in [3.63, 3.8) is 0 Å². The molecule has 0 saturated carbocycles. The van der Waals surface area contributed by atoms with Crippen LogP contribution in [0, 0.1) is 0 Å². The molecule has 29 heavy (non-hydrogen) atoms. The summed E-state index contributed by atoms with van der Waals surface area (Å²) in [7, 11) is -5.05. The minimum Gasteiger partial charge on any atom is -0.508 e. The molecule has 3 aromatic rings. The first-order chi connectivity index (χ1) is 13.5. The third-order valence-corrected chi connectivity index (χ3v) is 7.27. The normalized spacial score (nSPS) is 13.8. The van der Waals surface area contributed by atoms with Crippen LogP contribution in [0.4, 0.5) is 0 Å². The predicted molar refractivity (Wildman–Crippen MR) is 114 cm³/mol. The van der Waals surface area contributed by atoms with Crippen LogP contribution < -0.4 is 0 Å². The fourth-order valence-corrected chi connectivity index (χ4v) is 5.56. The Balaban J connectivity index is 2.61. The molecule has 1 unspecified atom stereocenters. The zero-order chi connectivity index (χ0) is 21.6. The maximum Gasteiger partial charge on any atom is 0.283 e. The highest BCUT2D eigenvalue weighted by atomic mass is 35.5. The van der Waals surface area contributed by atoms with Gasteiger partial charge >= 0.3 is 0 Å². The monoisotopic (exact) mass is 492 g/mol. The molecule has 0 fully saturated rings. The molecule has 0 amide bonds. The first-order valence-corrected chi connectivity index (χ1v) is 10.8. The second-order valence-corrected chi connectivity index (χ2v) is 9.25. The summed E-state index contributed by atoms with van der Waals surface area (Å²) in [6.07, 6.45) is 0. The second kappa shape index (κ2) is 7.87. The Morgan fingerprint density at radius 2 is 1.24 bits per heavy atom. The number of phenolic OH excluding ortho intramolecular Hbond substituents is 2. The number of halogens is 4. The lowest BCUT2D eigenvalue weighted by Gasteiger charge is -2.34. The Bertz CT molecular complexity index is 1100. The second-order valence-electron chi connectivity index (χ2n) is 6.09. The molecule has 0 aliphatic heterocycles. The van der Waals surface area contributed by atoms with Crippen LogP contribution in [-0.2, 0) is 14.9 Å². The van der Waals surface area contributed by atoms with E-state index in [9.17, 15) is 23.2 Å². The third kappa shape index (κ3) is 3.65. The van der Waals surface area contributed by atoms with Crippen molar-refractivity contribution >= 4 is 56.5 Å². The summed E-state index contributed by atoms with van der Waals surface area (Å²) >= 11 is 24.7. The molecular formula is C19H12Cl4O5S. The van der Waals surface area contributed by atoms with Crippen LogP contribution >= 0.6 is 46.4 Å². The molecule has 0 saturated heterocycles. The Labute approximate surface area is 186 Å². The van der Waals surface area contributed by atoms with Gasteiger partial charge in [-0.05, 0) is 35.4 Å². The molecule has 5 nitrogen and oxygen atoms in total. The highest BCUT2D eigenvalue weighted by molar-refractivity contribution is 7.87. The van der Waals surface area contributed by atoms with Crippen molar-refractivity contribution in [2.45, 2.75) is 4.75 Å². The molecule has 0 radical (unpaired) electrons. The molecule has 0 aromatic heterocycles. The summed E-state index contributed by atoms with van der Waals surface area (Å²) in [6.45, 7) is 0. The van der Waals surface area contributed by atoms with E-state index < -0.39 is 25.6 Å². The molecule has 0 heterocycles. The van der Waals surface area contributed by atoms with Gasteiger partial charge in [0.25, 0.3) is 10.1 Å². The van der Waals surface area contributed by atoms with Gasteiger partial charge in [0.2, 0.25) is 0 Å². The largest absolute Gasteiger partial charge is 0.508 e. The summed E-state index contributed by atoms with van der Waals surface area (Å²) in [5.41, 5.74) is -0.326. The highest BCUT2D eigenvalue weighted by Crippen LogP contribution is 2.52. The van der Waals surface area contributed by atoms with Gasteiger partial charge in [0.15, 0.2) is 4.75 Å². The molecular weight excluding hydrogens is 482 g/mol. The van der Waals surface area contributed by atoms with Crippen LogP contribution in [0.25, 0.3) is 0 Å². The van der Waals surface area contributed by atoms with E-state index in [0.717, 1.165) is 6.07 Å². The van der Waals surface area contributed by atoms with Gasteiger partial charge in [-0.3, -0.25) is 4.55 Å². The van der Waals surface area contributed by atoms with E-state index in [0.29, 0.717) is 5.02 Å². The van der Waals surface area contributed by atoms with Crippen LogP contribution in [-0.4, -0.2) is 23.2 Å². The van der Waals surface area contributed by atoms with Crippen molar-refractivity contribution in [3.8, 4) is 11.5 Å². The third-order valence-electron chi connectivity index (χ3n) is 4.40. The van der Waals surface area contributed by atoms with E-state index in [1.807, 2.05) is 0 Å². The van der Waals surface area contributed by atoms with Gasteiger partial charge in [-0.15, -0.1) is 0 Å². The Kier molecular flexibility index (Phi) is 5.98. The van der Waals surface area contributed by atoms with Crippen molar-refractivity contribution in [2.75, 3.05) is 0 Å². The van der Waals surface area contributed by atoms with Crippen LogP contribution in [0.5, 0.6) is 11.5 Å². The van der Waals surface area contributed by atoms with Crippen LogP contribution in [0.1, 0.15) is 16.7 Å². The van der Waals surface area contributed by atoms with E-state index in [1.165, 1.54) is 48.5 Å². The van der Waals surface area contributed by atoms with Crippen molar-refractivity contribution in [3.05, 3.63) is 91.4 Å². The number of phenols is 2. The van der Waals surface area contributed by atoms with Crippen LogP contribution in [0.15, 0.2) is 54.6 Å². The van der Waals surface area contributed by atoms with Crippen molar-refractivity contribution in [1.29, 1.82) is 0 Å². The highest BCUT2D eigenvalue weighted by Gasteiger charge is 2.51. The molecule has 1 atom stereocenters. The number of hydrogen-bond acceptors (Lipinski definition) is 4. The maximum absolute atomic E-state index is 13.0. The average Bonchev–Trinajstić information content (AvgIpc) is 2.64. The maximum atomic E-state index is 13.0. The van der Waals surface area contributed by atoms with Gasteiger partial charge in [-0.25, -0.2) is 0 Å². The van der Waals surface area contributed by atoms with Crippen LogP contribution in [0.2, 0.25) is 20.1 Å². The lowest BCUT2D eigenvalue weighted by atomic mass is 9.83. The van der Waals surface area contributed by atoms with E-state index in [-0.39, 0.29) is 32.5 Å². The SMILES string of the molecule is O=S(=O)(O)C(c1ccc(O)cc1)(c1ccc(Cl)cc1)c1c(Cl)c(O)cc(Cl)c1Cl. The van der Waals surface area contributed by atoms with E-state index >= 15 is 0 Å². The van der Waals surface area contributed by atoms with E-state index in [2.05, 4.69) is 0 Å². The Hall–Kier alpha value is -1.67. The van der Waals surface area contributed by atoms with Gasteiger partial charge < -0.3 is 10.2 Å². The summed E-state index contributed by atoms with van der Waals surface area (Å²) in [5, 5.41) is 19.3. The zero-order valence-corrected chi connectivity index (χ0v) is 18.1. The van der Waals surface area contributed by atoms with E-state index in [4.69, 9.17) is 46.4 Å². The average molecular weight is 494 g/mol. The fourth-order valence-electron chi connectivity index (χ4n) is 3.16. The van der Waals surface area contributed by atoms with Gasteiger partial charge in [0.05, 0.1) is 15.1 Å². The minimum atomic E-state index is -5.05. The summed E-state index contributed by atoms with van der Waals surface area (Å²) in [5.74, 6) is -0.669. The summed E-state index contributed by atoms with van der Waals surface area (Å²) < 4.78 is 34.0. The fraction of sp³-hybridized carbons (Fsp3) is 0.0526. The molecule has 3 N–H and O–H groups in total. The Morgan fingerprint density at radius 3 is 1.72 bits per heavy atom. The first kappa shape index (κ1) is 22.0. The van der Waals surface area contributed by atoms with Gasteiger partial charge in [0, 0.05) is 16.7 Å². The standard InChI is InChI=1S/C19H12Cl4O5S/c20-12-5-1-10(2-6-12)19(29(26,27)28,11-3-7-13(24)8-4-11)16-17(22)14(21)9-15(25)18(16)23/h1-9,24-25H,(H,26,27,28). The quantitative estimate of drug-likeness (QED) is 0.239. The molecule has 0 bridgehead atoms. The lowest BCUT2D eigenvalue weighted by molar-refractivity contribution is 0.455. The van der Waals surface area contributed by atoms with Crippen molar-refractivity contribution in [2.24, 2.45) is 0 Å². The topological polar surface area (TPSA) is 94.8 Å². The minimum absolute atomic E-state index is 0.00871. The van der Waals surface area contributed by atoms with Gasteiger partial charge in [0.1, 0.15) is 11.5 Å². The van der Waals surface area contributed by atoms with Gasteiger partial charge in [-0.2, -0.15) is 8.42 Å². The zero-order valence-electron chi connectivity index (χ0n) is 14.3. The molecule has 152 valence electrons. The molecule has 0 aliphatic rings.